The Morgan fingerprint density at radius 3 is 2.90 bits per heavy atom. The van der Waals surface area contributed by atoms with Gasteiger partial charge in [0.2, 0.25) is 0 Å². The van der Waals surface area contributed by atoms with E-state index in [1.807, 2.05) is 0 Å². The zero-order valence-electron chi connectivity index (χ0n) is 11.9. The van der Waals surface area contributed by atoms with Crippen LogP contribution in [0.15, 0.2) is 18.3 Å². The highest BCUT2D eigenvalue weighted by Gasteiger charge is 2.15. The van der Waals surface area contributed by atoms with E-state index in [4.69, 9.17) is 4.74 Å². The van der Waals surface area contributed by atoms with Crippen molar-refractivity contribution in [1.29, 1.82) is 0 Å². The summed E-state index contributed by atoms with van der Waals surface area (Å²) in [6.07, 6.45) is 2.30. The molecule has 0 fully saturated rings. The van der Waals surface area contributed by atoms with E-state index < -0.39 is 11.7 Å². The maximum absolute atomic E-state index is 11.3. The third-order valence-electron chi connectivity index (χ3n) is 2.05. The molecule has 0 radical (unpaired) electrons. The lowest BCUT2D eigenvalue weighted by Crippen LogP contribution is -2.32. The number of nitrogens with one attached hydrogen (secondary N) is 1. The standard InChI is InChI=1S/C15H18N2O3/c1-15(2,3)20-14(19)17-8-5-4-6-13-10-12(11-18)7-9-16-13/h7,9-11H,5,8H2,1-3H3,(H,17,19). The molecule has 0 saturated carbocycles. The molecule has 1 N–H and O–H groups in total. The Morgan fingerprint density at radius 2 is 2.25 bits per heavy atom. The first-order chi connectivity index (χ1) is 9.40. The lowest BCUT2D eigenvalue weighted by Gasteiger charge is -2.19. The van der Waals surface area contributed by atoms with E-state index in [0.717, 1.165) is 6.29 Å². The molecule has 0 aliphatic rings. The van der Waals surface area contributed by atoms with Crippen molar-refractivity contribution in [2.75, 3.05) is 6.54 Å². The minimum Gasteiger partial charge on any atom is -0.444 e. The molecular weight excluding hydrogens is 256 g/mol. The van der Waals surface area contributed by atoms with Gasteiger partial charge in [-0.1, -0.05) is 5.92 Å². The number of amides is 1. The number of carbonyl (C=O) groups is 2. The van der Waals surface area contributed by atoms with Gasteiger partial charge in [0.1, 0.15) is 17.6 Å². The number of nitrogens with zero attached hydrogens (tertiary/aromatic N) is 1. The smallest absolute Gasteiger partial charge is 0.407 e. The minimum atomic E-state index is -0.505. The fraction of sp³-hybridized carbons (Fsp3) is 0.400. The fourth-order valence-corrected chi connectivity index (χ4v) is 1.28. The molecule has 0 saturated heterocycles. The monoisotopic (exact) mass is 274 g/mol. The maximum Gasteiger partial charge on any atom is 0.407 e. The van der Waals surface area contributed by atoms with Crippen molar-refractivity contribution in [2.24, 2.45) is 0 Å². The predicted molar refractivity (Wildman–Crippen MR) is 75.4 cm³/mol. The molecule has 0 aliphatic heterocycles. The zero-order valence-corrected chi connectivity index (χ0v) is 11.9. The van der Waals surface area contributed by atoms with Crippen molar-refractivity contribution in [3.05, 3.63) is 29.6 Å². The van der Waals surface area contributed by atoms with E-state index in [-0.39, 0.29) is 0 Å². The van der Waals surface area contributed by atoms with Gasteiger partial charge >= 0.3 is 6.09 Å². The molecule has 5 nitrogen and oxygen atoms in total. The highest BCUT2D eigenvalue weighted by Crippen LogP contribution is 2.06. The summed E-state index contributed by atoms with van der Waals surface area (Å²) >= 11 is 0. The van der Waals surface area contributed by atoms with Gasteiger partial charge in [-0.05, 0) is 38.8 Å². The number of ether oxygens (including phenoxy) is 1. The van der Waals surface area contributed by atoms with E-state index in [1.165, 1.54) is 6.20 Å². The number of carbonyl (C=O) groups excluding carboxylic acids is 2. The van der Waals surface area contributed by atoms with E-state index >= 15 is 0 Å². The summed E-state index contributed by atoms with van der Waals surface area (Å²) in [5.41, 5.74) is 0.567. The van der Waals surface area contributed by atoms with Crippen LogP contribution in [0.3, 0.4) is 0 Å². The summed E-state index contributed by atoms with van der Waals surface area (Å²) in [6, 6.07) is 3.23. The van der Waals surface area contributed by atoms with E-state index in [1.54, 1.807) is 32.9 Å². The average molecular weight is 274 g/mol. The Hall–Kier alpha value is -2.35. The number of aldehydes is 1. The molecule has 1 rings (SSSR count). The van der Waals surface area contributed by atoms with Gasteiger partial charge < -0.3 is 10.1 Å². The van der Waals surface area contributed by atoms with Crippen LogP contribution in [0.5, 0.6) is 0 Å². The Balaban J connectivity index is 2.36. The molecule has 0 atom stereocenters. The third kappa shape index (κ3) is 6.55. The second-order valence-electron chi connectivity index (χ2n) is 5.07. The normalized spacial score (nSPS) is 10.2. The molecule has 106 valence electrons. The van der Waals surface area contributed by atoms with Crippen molar-refractivity contribution in [3.8, 4) is 11.8 Å². The zero-order chi connectivity index (χ0) is 15.0. The Morgan fingerprint density at radius 1 is 1.50 bits per heavy atom. The van der Waals surface area contributed by atoms with Crippen LogP contribution in [-0.4, -0.2) is 29.5 Å². The van der Waals surface area contributed by atoms with Gasteiger partial charge in [-0.2, -0.15) is 0 Å². The van der Waals surface area contributed by atoms with Crippen molar-refractivity contribution in [1.82, 2.24) is 10.3 Å². The van der Waals surface area contributed by atoms with Crippen LogP contribution >= 0.6 is 0 Å². The first-order valence-electron chi connectivity index (χ1n) is 6.28. The highest BCUT2D eigenvalue weighted by atomic mass is 16.6. The predicted octanol–water partition coefficient (Wildman–Crippen LogP) is 2.16. The Bertz CT molecular complexity index is 536. The van der Waals surface area contributed by atoms with Crippen molar-refractivity contribution in [3.63, 3.8) is 0 Å². The molecule has 1 aromatic heterocycles. The molecule has 0 spiro atoms. The molecule has 1 aromatic rings. The van der Waals surface area contributed by atoms with Gasteiger partial charge in [-0.25, -0.2) is 9.78 Å². The van der Waals surface area contributed by atoms with Crippen LogP contribution < -0.4 is 5.32 Å². The van der Waals surface area contributed by atoms with Crippen molar-refractivity contribution in [2.45, 2.75) is 32.8 Å². The highest BCUT2D eigenvalue weighted by molar-refractivity contribution is 5.74. The summed E-state index contributed by atoms with van der Waals surface area (Å²) < 4.78 is 5.08. The van der Waals surface area contributed by atoms with Crippen LogP contribution in [0.4, 0.5) is 4.79 Å². The number of pyridine rings is 1. The maximum atomic E-state index is 11.3. The topological polar surface area (TPSA) is 68.3 Å². The summed E-state index contributed by atoms with van der Waals surface area (Å²) in [4.78, 5) is 26.0. The number of alkyl carbamates (subject to hydrolysis) is 1. The quantitative estimate of drug-likeness (QED) is 0.521. The number of hydrogen-bond acceptors (Lipinski definition) is 4. The first kappa shape index (κ1) is 15.7. The van der Waals surface area contributed by atoms with Gasteiger partial charge in [0.05, 0.1) is 0 Å². The van der Waals surface area contributed by atoms with Gasteiger partial charge in [-0.15, -0.1) is 0 Å². The van der Waals surface area contributed by atoms with Gasteiger partial charge in [0, 0.05) is 24.7 Å². The Labute approximate surface area is 118 Å². The lowest BCUT2D eigenvalue weighted by atomic mass is 10.2. The molecule has 0 bridgehead atoms. The second-order valence-corrected chi connectivity index (χ2v) is 5.07. The molecular formula is C15H18N2O3. The number of aromatic nitrogens is 1. The molecule has 20 heavy (non-hydrogen) atoms. The van der Waals surface area contributed by atoms with Crippen LogP contribution in [0.25, 0.3) is 0 Å². The molecule has 5 heteroatoms. The SMILES string of the molecule is CC(C)(C)OC(=O)NCCC#Cc1cc(C=O)ccn1. The first-order valence-corrected chi connectivity index (χ1v) is 6.28. The number of rotatable bonds is 3. The largest absolute Gasteiger partial charge is 0.444 e. The van der Waals surface area contributed by atoms with E-state index in [9.17, 15) is 9.59 Å². The van der Waals surface area contributed by atoms with Crippen molar-refractivity contribution < 1.29 is 14.3 Å². The van der Waals surface area contributed by atoms with Crippen LogP contribution in [0.1, 0.15) is 43.2 Å². The number of hydrogen-bond donors (Lipinski definition) is 1. The fourth-order valence-electron chi connectivity index (χ4n) is 1.28. The molecule has 0 aliphatic carbocycles. The molecule has 1 heterocycles. The van der Waals surface area contributed by atoms with E-state index in [0.29, 0.717) is 24.2 Å². The lowest BCUT2D eigenvalue weighted by molar-refractivity contribution is 0.0529. The second kappa shape index (κ2) is 7.29. The van der Waals surface area contributed by atoms with Crippen LogP contribution in [0.2, 0.25) is 0 Å². The van der Waals surface area contributed by atoms with Gasteiger partial charge in [-0.3, -0.25) is 4.79 Å². The van der Waals surface area contributed by atoms with Crippen molar-refractivity contribution >= 4 is 12.4 Å². The van der Waals surface area contributed by atoms with Gasteiger partial charge in [0.25, 0.3) is 0 Å². The summed E-state index contributed by atoms with van der Waals surface area (Å²) in [6.45, 7) is 5.81. The van der Waals surface area contributed by atoms with Crippen LogP contribution in [-0.2, 0) is 4.74 Å². The molecule has 0 aromatic carbocycles. The summed E-state index contributed by atoms with van der Waals surface area (Å²) in [5.74, 6) is 5.70. The third-order valence-corrected chi connectivity index (χ3v) is 2.05. The van der Waals surface area contributed by atoms with Crippen LogP contribution in [0, 0.1) is 11.8 Å². The minimum absolute atomic E-state index is 0.398. The summed E-state index contributed by atoms with van der Waals surface area (Å²) in [7, 11) is 0. The van der Waals surface area contributed by atoms with E-state index in [2.05, 4.69) is 22.1 Å². The average Bonchev–Trinajstić information content (AvgIpc) is 2.36. The molecule has 0 unspecified atom stereocenters. The molecule has 1 amide bonds. The van der Waals surface area contributed by atoms with Gasteiger partial charge in [0.15, 0.2) is 0 Å². The Kier molecular flexibility index (Phi) is 5.73. The summed E-state index contributed by atoms with van der Waals surface area (Å²) in [5, 5.41) is 2.61.